The van der Waals surface area contributed by atoms with Crippen LogP contribution in [0.25, 0.3) is 10.8 Å². The van der Waals surface area contributed by atoms with Gasteiger partial charge in [-0.2, -0.15) is 0 Å². The number of hydrogen-bond donors (Lipinski definition) is 0. The van der Waals surface area contributed by atoms with Gasteiger partial charge in [-0.1, -0.05) is 56.9 Å². The van der Waals surface area contributed by atoms with Gasteiger partial charge in [0.25, 0.3) is 0 Å². The van der Waals surface area contributed by atoms with Gasteiger partial charge in [0.1, 0.15) is 11.5 Å². The fraction of sp³-hybridized carbons (Fsp3) is 0.556. The van der Waals surface area contributed by atoms with Gasteiger partial charge in [-0.05, 0) is 63.5 Å². The molecule has 4 nitrogen and oxygen atoms in total. The summed E-state index contributed by atoms with van der Waals surface area (Å²) in [4.78, 5) is 25.6. The number of carbonyl (C=O) groups excluding carboxylic acids is 2. The monoisotopic (exact) mass is 422 g/mol. The molecule has 4 rings (SSSR count). The minimum atomic E-state index is -0.551. The molecule has 4 heteroatoms. The van der Waals surface area contributed by atoms with Gasteiger partial charge >= 0.3 is 11.9 Å². The lowest BCUT2D eigenvalue weighted by molar-refractivity contribution is -0.144. The first kappa shape index (κ1) is 21.9. The number of fused-ring (bicyclic) bond motifs is 2. The summed E-state index contributed by atoms with van der Waals surface area (Å²) in [6.45, 7) is 5.74. The third-order valence-electron chi connectivity index (χ3n) is 7.57. The quantitative estimate of drug-likeness (QED) is 0.398. The first-order valence-corrected chi connectivity index (χ1v) is 11.8. The molecule has 2 aliphatic carbocycles. The Bertz CT molecular complexity index is 961. The van der Waals surface area contributed by atoms with Gasteiger partial charge in [0, 0.05) is 10.8 Å². The van der Waals surface area contributed by atoms with Gasteiger partial charge in [-0.3, -0.25) is 9.59 Å². The van der Waals surface area contributed by atoms with Crippen molar-refractivity contribution in [1.29, 1.82) is 0 Å². The molecule has 2 aliphatic rings. The third-order valence-corrected chi connectivity index (χ3v) is 7.57. The molecule has 0 radical (unpaired) electrons. The van der Waals surface area contributed by atoms with Crippen LogP contribution in [0.3, 0.4) is 0 Å². The van der Waals surface area contributed by atoms with Crippen LogP contribution in [0.5, 0.6) is 11.5 Å². The minimum absolute atomic E-state index is 0.0130. The topological polar surface area (TPSA) is 52.6 Å². The van der Waals surface area contributed by atoms with Crippen molar-refractivity contribution in [3.63, 3.8) is 0 Å². The Balaban J connectivity index is 1.52. The van der Waals surface area contributed by atoms with E-state index < -0.39 is 5.41 Å². The van der Waals surface area contributed by atoms with Crippen molar-refractivity contribution in [3.05, 3.63) is 36.4 Å². The highest BCUT2D eigenvalue weighted by Crippen LogP contribution is 2.43. The van der Waals surface area contributed by atoms with Crippen LogP contribution in [0.1, 0.15) is 72.1 Å². The highest BCUT2D eigenvalue weighted by molar-refractivity contribution is 5.96. The van der Waals surface area contributed by atoms with Gasteiger partial charge < -0.3 is 9.47 Å². The minimum Gasteiger partial charge on any atom is -0.426 e. The van der Waals surface area contributed by atoms with Gasteiger partial charge in [0.15, 0.2) is 0 Å². The van der Waals surface area contributed by atoms with Crippen molar-refractivity contribution in [2.45, 2.75) is 72.1 Å². The van der Waals surface area contributed by atoms with Crippen LogP contribution in [-0.2, 0) is 9.59 Å². The molecule has 0 aliphatic heterocycles. The maximum atomic E-state index is 13.0. The molecule has 0 amide bonds. The summed E-state index contributed by atoms with van der Waals surface area (Å²) < 4.78 is 11.7. The molecule has 2 aromatic carbocycles. The van der Waals surface area contributed by atoms with E-state index in [-0.39, 0.29) is 17.9 Å². The zero-order valence-corrected chi connectivity index (χ0v) is 19.0. The van der Waals surface area contributed by atoms with Crippen LogP contribution < -0.4 is 9.47 Å². The van der Waals surface area contributed by atoms with E-state index in [4.69, 9.17) is 9.47 Å². The lowest BCUT2D eigenvalue weighted by atomic mass is 9.67. The Kier molecular flexibility index (Phi) is 6.36. The van der Waals surface area contributed by atoms with Crippen molar-refractivity contribution < 1.29 is 19.1 Å². The molecular formula is C27H34O4. The van der Waals surface area contributed by atoms with Crippen molar-refractivity contribution in [3.8, 4) is 11.5 Å². The Morgan fingerprint density at radius 3 is 2.13 bits per heavy atom. The standard InChI is InChI=1S/C27H34O4/c1-4-27(2,3)26(29)31-24-16-15-23(21-11-7-8-12-22(21)24)30-25(28)20-14-13-18-9-5-6-10-19(18)17-20/h7-8,11-12,15-16,18-20H,4-6,9-10,13-14,17H2,1-3H3. The Morgan fingerprint density at radius 1 is 0.871 bits per heavy atom. The van der Waals surface area contributed by atoms with E-state index >= 15 is 0 Å². The Morgan fingerprint density at radius 2 is 1.48 bits per heavy atom. The van der Waals surface area contributed by atoms with E-state index in [0.29, 0.717) is 23.8 Å². The number of ether oxygens (including phenoxy) is 2. The smallest absolute Gasteiger partial charge is 0.316 e. The molecule has 3 atom stereocenters. The molecule has 0 heterocycles. The first-order chi connectivity index (χ1) is 14.9. The summed E-state index contributed by atoms with van der Waals surface area (Å²) in [6.07, 6.45) is 8.95. The Hall–Kier alpha value is -2.36. The first-order valence-electron chi connectivity index (χ1n) is 11.8. The molecule has 2 fully saturated rings. The second-order valence-corrected chi connectivity index (χ2v) is 9.97. The van der Waals surface area contributed by atoms with E-state index in [1.165, 1.54) is 25.7 Å². The summed E-state index contributed by atoms with van der Waals surface area (Å²) in [7, 11) is 0. The zero-order chi connectivity index (χ0) is 22.0. The highest BCUT2D eigenvalue weighted by atomic mass is 16.5. The molecule has 0 spiro atoms. The number of esters is 2. The van der Waals surface area contributed by atoms with E-state index in [2.05, 4.69) is 0 Å². The van der Waals surface area contributed by atoms with E-state index in [1.54, 1.807) is 12.1 Å². The molecule has 166 valence electrons. The summed E-state index contributed by atoms with van der Waals surface area (Å²) >= 11 is 0. The van der Waals surface area contributed by atoms with E-state index in [9.17, 15) is 9.59 Å². The van der Waals surface area contributed by atoms with Crippen molar-refractivity contribution in [1.82, 2.24) is 0 Å². The molecule has 31 heavy (non-hydrogen) atoms. The average Bonchev–Trinajstić information content (AvgIpc) is 2.80. The highest BCUT2D eigenvalue weighted by Gasteiger charge is 2.36. The normalized spacial score (nSPS) is 23.8. The molecule has 3 unspecified atom stereocenters. The van der Waals surface area contributed by atoms with Crippen LogP contribution in [-0.4, -0.2) is 11.9 Å². The van der Waals surface area contributed by atoms with E-state index in [1.807, 2.05) is 45.0 Å². The van der Waals surface area contributed by atoms with Crippen molar-refractivity contribution in [2.75, 3.05) is 0 Å². The second-order valence-electron chi connectivity index (χ2n) is 9.97. The summed E-state index contributed by atoms with van der Waals surface area (Å²) in [6, 6.07) is 11.1. The second kappa shape index (κ2) is 9.02. The molecule has 2 saturated carbocycles. The predicted molar refractivity (Wildman–Crippen MR) is 122 cm³/mol. The third kappa shape index (κ3) is 4.63. The summed E-state index contributed by atoms with van der Waals surface area (Å²) in [5, 5.41) is 1.57. The van der Waals surface area contributed by atoms with Gasteiger partial charge in [0.05, 0.1) is 11.3 Å². The maximum absolute atomic E-state index is 13.0. The summed E-state index contributed by atoms with van der Waals surface area (Å²) in [5.74, 6) is 2.15. The van der Waals surface area contributed by atoms with Gasteiger partial charge in [-0.15, -0.1) is 0 Å². The van der Waals surface area contributed by atoms with Crippen molar-refractivity contribution >= 4 is 22.7 Å². The van der Waals surface area contributed by atoms with Crippen LogP contribution in [0.2, 0.25) is 0 Å². The molecular weight excluding hydrogens is 388 g/mol. The lowest BCUT2D eigenvalue weighted by Gasteiger charge is -2.38. The Labute approximate surface area is 185 Å². The number of rotatable bonds is 5. The van der Waals surface area contributed by atoms with Crippen LogP contribution in [0.4, 0.5) is 0 Å². The largest absolute Gasteiger partial charge is 0.426 e. The average molecular weight is 423 g/mol. The molecule has 0 bridgehead atoms. The van der Waals surface area contributed by atoms with Crippen LogP contribution >= 0.6 is 0 Å². The van der Waals surface area contributed by atoms with Gasteiger partial charge in [-0.25, -0.2) is 0 Å². The molecule has 0 N–H and O–H groups in total. The predicted octanol–water partition coefficient (Wildman–Crippen LogP) is 6.69. The maximum Gasteiger partial charge on any atom is 0.316 e. The molecule has 2 aromatic rings. The van der Waals surface area contributed by atoms with Crippen molar-refractivity contribution in [2.24, 2.45) is 23.2 Å². The van der Waals surface area contributed by atoms with Crippen LogP contribution in [0.15, 0.2) is 36.4 Å². The number of carbonyl (C=O) groups is 2. The van der Waals surface area contributed by atoms with Crippen LogP contribution in [0, 0.1) is 23.2 Å². The SMILES string of the molecule is CCC(C)(C)C(=O)Oc1ccc(OC(=O)C2CCC3CCCCC3C2)c2ccccc12. The lowest BCUT2D eigenvalue weighted by Crippen LogP contribution is -2.33. The number of benzene rings is 2. The van der Waals surface area contributed by atoms with E-state index in [0.717, 1.165) is 36.0 Å². The number of hydrogen-bond acceptors (Lipinski definition) is 4. The van der Waals surface area contributed by atoms with Gasteiger partial charge in [0.2, 0.25) is 0 Å². The summed E-state index contributed by atoms with van der Waals surface area (Å²) in [5.41, 5.74) is -0.551. The molecule has 0 saturated heterocycles. The molecule has 0 aromatic heterocycles. The fourth-order valence-corrected chi connectivity index (χ4v) is 5.08. The fourth-order valence-electron chi connectivity index (χ4n) is 5.08. The zero-order valence-electron chi connectivity index (χ0n) is 19.0.